The Bertz CT molecular complexity index is 674. The summed E-state index contributed by atoms with van der Waals surface area (Å²) in [6, 6.07) is 9.18. The van der Waals surface area contributed by atoms with Crippen molar-refractivity contribution in [3.63, 3.8) is 0 Å². The molecule has 2 rings (SSSR count). The topological polar surface area (TPSA) is 59.1 Å². The Labute approximate surface area is 115 Å². The van der Waals surface area contributed by atoms with Crippen molar-refractivity contribution in [2.24, 2.45) is 0 Å². The molecule has 0 aliphatic carbocycles. The van der Waals surface area contributed by atoms with Gasteiger partial charge >= 0.3 is 0 Å². The van der Waals surface area contributed by atoms with E-state index in [4.69, 9.17) is 23.2 Å². The predicted octanol–water partition coefficient (Wildman–Crippen LogP) is 3.19. The van der Waals surface area contributed by atoms with E-state index in [0.29, 0.717) is 10.7 Å². The maximum atomic E-state index is 12.0. The summed E-state index contributed by atoms with van der Waals surface area (Å²) in [6.45, 7) is 0. The fourth-order valence-electron chi connectivity index (χ4n) is 1.30. The normalized spacial score (nSPS) is 11.2. The van der Waals surface area contributed by atoms with Crippen molar-refractivity contribution in [2.45, 2.75) is 4.90 Å². The van der Waals surface area contributed by atoms with Gasteiger partial charge in [0.25, 0.3) is 10.0 Å². The van der Waals surface area contributed by atoms with Gasteiger partial charge in [-0.3, -0.25) is 4.72 Å². The van der Waals surface area contributed by atoms with Gasteiger partial charge in [-0.25, -0.2) is 13.4 Å². The first kappa shape index (κ1) is 13.1. The van der Waals surface area contributed by atoms with Gasteiger partial charge < -0.3 is 0 Å². The third-order valence-electron chi connectivity index (χ3n) is 2.13. The number of nitrogens with one attached hydrogen (secondary N) is 1. The maximum Gasteiger partial charge on any atom is 0.262 e. The number of benzene rings is 1. The molecule has 0 bridgehead atoms. The fraction of sp³-hybridized carbons (Fsp3) is 0. The SMILES string of the molecule is O=S(=O)(Nc1ccccc1Cl)c1ccnc(Cl)c1. The van der Waals surface area contributed by atoms with E-state index in [1.165, 1.54) is 18.3 Å². The molecule has 0 saturated carbocycles. The number of hydrogen-bond donors (Lipinski definition) is 1. The third-order valence-corrected chi connectivity index (χ3v) is 4.03. The van der Waals surface area contributed by atoms with Gasteiger partial charge in [0, 0.05) is 6.20 Å². The van der Waals surface area contributed by atoms with Crippen molar-refractivity contribution in [3.05, 3.63) is 52.8 Å². The fourth-order valence-corrected chi connectivity index (χ4v) is 2.87. The minimum absolute atomic E-state index is 0.0300. The van der Waals surface area contributed by atoms with Crippen LogP contribution in [0.2, 0.25) is 10.2 Å². The summed E-state index contributed by atoms with van der Waals surface area (Å²) in [5, 5.41) is 0.429. The van der Waals surface area contributed by atoms with Crippen molar-refractivity contribution in [1.82, 2.24) is 4.98 Å². The van der Waals surface area contributed by atoms with Gasteiger partial charge in [-0.05, 0) is 24.3 Å². The minimum atomic E-state index is -3.72. The number of halogens is 2. The van der Waals surface area contributed by atoms with Gasteiger partial charge in [0.2, 0.25) is 0 Å². The van der Waals surface area contributed by atoms with Gasteiger partial charge in [0.15, 0.2) is 0 Å². The number of rotatable bonds is 3. The van der Waals surface area contributed by atoms with E-state index < -0.39 is 10.0 Å². The quantitative estimate of drug-likeness (QED) is 0.886. The van der Waals surface area contributed by atoms with E-state index in [9.17, 15) is 8.42 Å². The lowest BCUT2D eigenvalue weighted by Gasteiger charge is -2.09. The zero-order valence-corrected chi connectivity index (χ0v) is 11.3. The second-order valence-electron chi connectivity index (χ2n) is 3.40. The van der Waals surface area contributed by atoms with Crippen LogP contribution in [0.25, 0.3) is 0 Å². The Morgan fingerprint density at radius 3 is 2.50 bits per heavy atom. The smallest absolute Gasteiger partial charge is 0.262 e. The van der Waals surface area contributed by atoms with Crippen molar-refractivity contribution >= 4 is 38.9 Å². The molecule has 1 N–H and O–H groups in total. The highest BCUT2D eigenvalue weighted by Crippen LogP contribution is 2.24. The van der Waals surface area contributed by atoms with Crippen LogP contribution < -0.4 is 4.72 Å². The summed E-state index contributed by atoms with van der Waals surface area (Å²) in [4.78, 5) is 3.76. The van der Waals surface area contributed by atoms with E-state index in [0.717, 1.165) is 0 Å². The Morgan fingerprint density at radius 1 is 1.11 bits per heavy atom. The molecule has 0 saturated heterocycles. The summed E-state index contributed by atoms with van der Waals surface area (Å²) in [6.07, 6.45) is 1.32. The van der Waals surface area contributed by atoms with Crippen molar-refractivity contribution in [1.29, 1.82) is 0 Å². The lowest BCUT2D eigenvalue weighted by Crippen LogP contribution is -2.13. The molecule has 0 unspecified atom stereocenters. The van der Waals surface area contributed by atoms with Crippen LogP contribution in [0.3, 0.4) is 0 Å². The molecule has 2 aromatic rings. The number of aromatic nitrogens is 1. The lowest BCUT2D eigenvalue weighted by atomic mass is 10.3. The number of para-hydroxylation sites is 1. The second-order valence-corrected chi connectivity index (χ2v) is 5.88. The van der Waals surface area contributed by atoms with Crippen LogP contribution in [0.4, 0.5) is 5.69 Å². The molecular formula is C11H8Cl2N2O2S. The molecule has 0 aliphatic heterocycles. The molecule has 1 heterocycles. The van der Waals surface area contributed by atoms with Crippen molar-refractivity contribution in [3.8, 4) is 0 Å². The van der Waals surface area contributed by atoms with Gasteiger partial charge in [0.05, 0.1) is 15.6 Å². The van der Waals surface area contributed by atoms with Crippen molar-refractivity contribution in [2.75, 3.05) is 4.72 Å². The highest BCUT2D eigenvalue weighted by Gasteiger charge is 2.15. The molecule has 18 heavy (non-hydrogen) atoms. The molecule has 1 aromatic heterocycles. The summed E-state index contributed by atoms with van der Waals surface area (Å²) < 4.78 is 26.5. The second kappa shape index (κ2) is 5.14. The maximum absolute atomic E-state index is 12.0. The first-order valence-corrected chi connectivity index (χ1v) is 7.12. The highest BCUT2D eigenvalue weighted by molar-refractivity contribution is 7.92. The Morgan fingerprint density at radius 2 is 1.83 bits per heavy atom. The number of nitrogens with zero attached hydrogens (tertiary/aromatic N) is 1. The van der Waals surface area contributed by atoms with E-state index in [-0.39, 0.29) is 10.0 Å². The van der Waals surface area contributed by atoms with Crippen LogP contribution in [0.5, 0.6) is 0 Å². The van der Waals surface area contributed by atoms with Crippen LogP contribution in [0.1, 0.15) is 0 Å². The number of anilines is 1. The van der Waals surface area contributed by atoms with E-state index >= 15 is 0 Å². The van der Waals surface area contributed by atoms with E-state index in [2.05, 4.69) is 9.71 Å². The molecular weight excluding hydrogens is 295 g/mol. The monoisotopic (exact) mass is 302 g/mol. The molecule has 0 fully saturated rings. The van der Waals surface area contributed by atoms with Gasteiger partial charge in [-0.15, -0.1) is 0 Å². The van der Waals surface area contributed by atoms with Crippen LogP contribution in [0, 0.1) is 0 Å². The van der Waals surface area contributed by atoms with Gasteiger partial charge in [0.1, 0.15) is 5.15 Å². The summed E-state index contributed by atoms with van der Waals surface area (Å²) in [7, 11) is -3.72. The molecule has 4 nitrogen and oxygen atoms in total. The number of pyridine rings is 1. The van der Waals surface area contributed by atoms with E-state index in [1.54, 1.807) is 24.3 Å². The predicted molar refractivity (Wildman–Crippen MR) is 71.5 cm³/mol. The van der Waals surface area contributed by atoms with Gasteiger partial charge in [-0.2, -0.15) is 0 Å². The summed E-state index contributed by atoms with van der Waals surface area (Å²) in [5.41, 5.74) is 0.312. The number of hydrogen-bond acceptors (Lipinski definition) is 3. The Kier molecular flexibility index (Phi) is 3.75. The zero-order valence-electron chi connectivity index (χ0n) is 8.97. The largest absolute Gasteiger partial charge is 0.278 e. The molecule has 0 spiro atoms. The molecule has 7 heteroatoms. The summed E-state index contributed by atoms with van der Waals surface area (Å²) in [5.74, 6) is 0. The lowest BCUT2D eigenvalue weighted by molar-refractivity contribution is 0.601. The first-order valence-electron chi connectivity index (χ1n) is 4.88. The first-order chi connectivity index (χ1) is 8.49. The minimum Gasteiger partial charge on any atom is -0.278 e. The molecule has 94 valence electrons. The third kappa shape index (κ3) is 2.93. The van der Waals surface area contributed by atoms with Crippen LogP contribution in [-0.4, -0.2) is 13.4 Å². The highest BCUT2D eigenvalue weighted by atomic mass is 35.5. The Balaban J connectivity index is 2.37. The van der Waals surface area contributed by atoms with Crippen LogP contribution in [-0.2, 0) is 10.0 Å². The van der Waals surface area contributed by atoms with Gasteiger partial charge in [-0.1, -0.05) is 35.3 Å². The van der Waals surface area contributed by atoms with Crippen LogP contribution >= 0.6 is 23.2 Å². The molecule has 0 amide bonds. The van der Waals surface area contributed by atoms with Crippen LogP contribution in [0.15, 0.2) is 47.5 Å². The Hall–Kier alpha value is -1.30. The van der Waals surface area contributed by atoms with E-state index in [1.807, 2.05) is 0 Å². The van der Waals surface area contributed by atoms with Crippen molar-refractivity contribution < 1.29 is 8.42 Å². The molecule has 0 radical (unpaired) electrons. The average Bonchev–Trinajstić information content (AvgIpc) is 2.32. The molecule has 1 aromatic carbocycles. The molecule has 0 atom stereocenters. The summed E-state index contributed by atoms with van der Waals surface area (Å²) >= 11 is 11.5. The zero-order chi connectivity index (χ0) is 13.2. The molecule has 0 aliphatic rings. The number of sulfonamides is 1. The average molecular weight is 303 g/mol. The standard InChI is InChI=1S/C11H8Cl2N2O2S/c12-9-3-1-2-4-10(9)15-18(16,17)8-5-6-14-11(13)7-8/h1-7,15H.